The van der Waals surface area contributed by atoms with Crippen LogP contribution in [0.25, 0.3) is 0 Å². The fourth-order valence-corrected chi connectivity index (χ4v) is 4.76. The molecule has 0 N–H and O–H groups in total. The van der Waals surface area contributed by atoms with Gasteiger partial charge in [0.15, 0.2) is 0 Å². The van der Waals surface area contributed by atoms with Gasteiger partial charge < -0.3 is 0 Å². The summed E-state index contributed by atoms with van der Waals surface area (Å²) in [6.45, 7) is 22.1. The quantitative estimate of drug-likeness (QED) is 0.227. The fraction of sp³-hybridized carbons (Fsp3) is 0.900. The van der Waals surface area contributed by atoms with Crippen LogP contribution in [0.15, 0.2) is 12.3 Å². The molecule has 0 spiro atoms. The van der Waals surface area contributed by atoms with Gasteiger partial charge in [-0.2, -0.15) is 15.2 Å². The predicted octanol–water partition coefficient (Wildman–Crippen LogP) is 4.81. The van der Waals surface area contributed by atoms with Crippen LogP contribution < -0.4 is 0 Å². The summed E-state index contributed by atoms with van der Waals surface area (Å²) in [6, 6.07) is 0. The van der Waals surface area contributed by atoms with Crippen molar-refractivity contribution in [3.63, 3.8) is 0 Å². The second-order valence-electron chi connectivity index (χ2n) is 6.87. The van der Waals surface area contributed by atoms with Crippen molar-refractivity contribution in [3.8, 4) is 0 Å². The molecule has 0 bridgehead atoms. The third-order valence-corrected chi connectivity index (χ3v) is 5.90. The molecule has 0 rings (SSSR count). The first-order valence-corrected chi connectivity index (χ1v) is 12.8. The Morgan fingerprint density at radius 3 is 0.926 bits per heavy atom. The smallest absolute Gasteiger partial charge is 0.280 e. The molecular formula is C20H45N3O3Si. The molecule has 0 aromatic heterocycles. The van der Waals surface area contributed by atoms with E-state index in [9.17, 15) is 0 Å². The van der Waals surface area contributed by atoms with E-state index in [1.165, 1.54) is 0 Å². The van der Waals surface area contributed by atoms with Crippen molar-refractivity contribution in [1.29, 1.82) is 0 Å². The van der Waals surface area contributed by atoms with E-state index in [-0.39, 0.29) is 0 Å². The van der Waals surface area contributed by atoms with Crippen LogP contribution in [-0.4, -0.2) is 63.3 Å². The number of hydrogen-bond donors (Lipinski definition) is 0. The van der Waals surface area contributed by atoms with E-state index in [4.69, 9.17) is 13.6 Å². The first-order valence-electron chi connectivity index (χ1n) is 11.0. The minimum Gasteiger partial charge on any atom is -0.280 e. The van der Waals surface area contributed by atoms with Crippen LogP contribution in [0, 0.1) is 0 Å². The predicted molar refractivity (Wildman–Crippen MR) is 116 cm³/mol. The largest absolute Gasteiger partial charge is 0.580 e. The van der Waals surface area contributed by atoms with Gasteiger partial charge in [-0.15, -0.1) is 0 Å². The van der Waals surface area contributed by atoms with E-state index >= 15 is 0 Å². The summed E-state index contributed by atoms with van der Waals surface area (Å²) in [7, 11) is -3.14. The Morgan fingerprint density at radius 1 is 0.556 bits per heavy atom. The zero-order valence-corrected chi connectivity index (χ0v) is 19.8. The minimum absolute atomic E-state index is 0.853. The molecule has 0 saturated carbocycles. The molecule has 0 aliphatic heterocycles. The highest BCUT2D eigenvalue weighted by atomic mass is 28.4. The van der Waals surface area contributed by atoms with Gasteiger partial charge in [0.2, 0.25) is 0 Å². The van der Waals surface area contributed by atoms with Crippen molar-refractivity contribution in [1.82, 2.24) is 15.2 Å². The van der Waals surface area contributed by atoms with E-state index in [0.717, 1.165) is 77.8 Å². The van der Waals surface area contributed by atoms with Crippen LogP contribution in [0.3, 0.4) is 0 Å². The van der Waals surface area contributed by atoms with E-state index in [0.29, 0.717) is 0 Å². The van der Waals surface area contributed by atoms with Crippen molar-refractivity contribution < 1.29 is 13.6 Å². The van der Waals surface area contributed by atoms with Crippen molar-refractivity contribution >= 4 is 8.80 Å². The summed E-state index contributed by atoms with van der Waals surface area (Å²) in [4.78, 5) is 0. The van der Waals surface area contributed by atoms with Crippen molar-refractivity contribution in [3.05, 3.63) is 12.3 Å². The van der Waals surface area contributed by atoms with Gasteiger partial charge in [0.05, 0.1) is 0 Å². The molecular weight excluding hydrogens is 358 g/mol. The van der Waals surface area contributed by atoms with Gasteiger partial charge in [0, 0.05) is 39.3 Å². The summed E-state index contributed by atoms with van der Waals surface area (Å²) in [6.07, 6.45) is 6.10. The van der Waals surface area contributed by atoms with Gasteiger partial charge in [-0.05, 0) is 44.2 Å². The molecule has 0 aromatic carbocycles. The molecule has 0 aliphatic rings. The van der Waals surface area contributed by atoms with Crippen LogP contribution in [0.1, 0.15) is 80.1 Å². The van der Waals surface area contributed by atoms with E-state index in [1.54, 1.807) is 5.70 Å². The lowest BCUT2D eigenvalue weighted by molar-refractivity contribution is -0.222. The Balaban J connectivity index is 5.56. The summed E-state index contributed by atoms with van der Waals surface area (Å²) < 4.78 is 19.3. The van der Waals surface area contributed by atoms with E-state index in [1.807, 2.05) is 15.2 Å². The van der Waals surface area contributed by atoms with Crippen molar-refractivity contribution in [2.75, 3.05) is 39.3 Å². The molecule has 162 valence electrons. The number of hydrogen-bond acceptors (Lipinski definition) is 6. The summed E-state index contributed by atoms with van der Waals surface area (Å²) in [5, 5.41) is 6.00. The molecule has 0 saturated heterocycles. The van der Waals surface area contributed by atoms with Crippen LogP contribution in [0.5, 0.6) is 0 Å². The third kappa shape index (κ3) is 11.3. The Hall–Kier alpha value is -0.283. The Bertz CT molecular complexity index is 298. The van der Waals surface area contributed by atoms with Crippen LogP contribution in [-0.2, 0) is 13.6 Å². The first kappa shape index (κ1) is 26.7. The molecule has 27 heavy (non-hydrogen) atoms. The maximum atomic E-state index is 6.44. The number of hydroxylamine groups is 6. The average molecular weight is 404 g/mol. The maximum absolute atomic E-state index is 6.44. The van der Waals surface area contributed by atoms with Gasteiger partial charge in [-0.3, -0.25) is 13.6 Å². The second kappa shape index (κ2) is 16.7. The normalized spacial score (nSPS) is 12.5. The minimum atomic E-state index is -3.14. The molecule has 0 aromatic rings. The van der Waals surface area contributed by atoms with Crippen molar-refractivity contribution in [2.24, 2.45) is 0 Å². The van der Waals surface area contributed by atoms with Crippen LogP contribution in [0.2, 0.25) is 0 Å². The van der Waals surface area contributed by atoms with Crippen LogP contribution >= 0.6 is 0 Å². The molecule has 0 fully saturated rings. The zero-order valence-electron chi connectivity index (χ0n) is 18.8. The molecule has 0 heterocycles. The SMILES string of the molecule is C=C[Si](ON(CCC)CCC)(ON(CCC)CCC)ON(CCC)CCC. The molecule has 0 amide bonds. The fourth-order valence-electron chi connectivity index (χ4n) is 2.81. The molecule has 0 unspecified atom stereocenters. The van der Waals surface area contributed by atoms with Crippen molar-refractivity contribution in [2.45, 2.75) is 80.1 Å². The molecule has 7 heteroatoms. The lowest BCUT2D eigenvalue weighted by atomic mass is 10.4. The van der Waals surface area contributed by atoms with Gasteiger partial charge in [0.1, 0.15) is 0 Å². The lowest BCUT2D eigenvalue weighted by Crippen LogP contribution is -2.56. The molecule has 0 radical (unpaired) electrons. The molecule has 6 nitrogen and oxygen atoms in total. The Kier molecular flexibility index (Phi) is 16.5. The van der Waals surface area contributed by atoms with Gasteiger partial charge in [0.25, 0.3) is 0 Å². The van der Waals surface area contributed by atoms with Crippen LogP contribution in [0.4, 0.5) is 0 Å². The van der Waals surface area contributed by atoms with Gasteiger partial charge in [-0.25, -0.2) is 0 Å². The summed E-state index contributed by atoms with van der Waals surface area (Å²) in [5.41, 5.74) is 1.78. The third-order valence-electron chi connectivity index (χ3n) is 3.86. The monoisotopic (exact) mass is 403 g/mol. The number of nitrogens with zero attached hydrogens (tertiary/aromatic N) is 3. The molecule has 0 atom stereocenters. The second-order valence-corrected chi connectivity index (χ2v) is 9.03. The highest BCUT2D eigenvalue weighted by molar-refractivity contribution is 6.65. The first-order chi connectivity index (χ1) is 13.0. The highest BCUT2D eigenvalue weighted by Crippen LogP contribution is 2.19. The van der Waals surface area contributed by atoms with E-state index < -0.39 is 8.80 Å². The standard InChI is InChI=1S/C20H45N3O3Si/c1-8-15-21(16-9-2)24-27(14-7,25-22(17-10-3)18-11-4)26-23(19-12-5)20-13-6/h14H,7-13,15-20H2,1-6H3. The number of rotatable bonds is 19. The maximum Gasteiger partial charge on any atom is 0.580 e. The Labute approximate surface area is 169 Å². The summed E-state index contributed by atoms with van der Waals surface area (Å²) >= 11 is 0. The lowest BCUT2D eigenvalue weighted by Gasteiger charge is -2.38. The van der Waals surface area contributed by atoms with E-state index in [2.05, 4.69) is 48.1 Å². The summed E-state index contributed by atoms with van der Waals surface area (Å²) in [5.74, 6) is 0. The zero-order chi connectivity index (χ0) is 20.5. The topological polar surface area (TPSA) is 37.4 Å². The molecule has 0 aliphatic carbocycles. The van der Waals surface area contributed by atoms with Gasteiger partial charge >= 0.3 is 8.80 Å². The average Bonchev–Trinajstić information content (AvgIpc) is 2.63. The van der Waals surface area contributed by atoms with Gasteiger partial charge in [-0.1, -0.05) is 48.1 Å². The highest BCUT2D eigenvalue weighted by Gasteiger charge is 2.46. The Morgan fingerprint density at radius 2 is 0.778 bits per heavy atom.